The van der Waals surface area contributed by atoms with Crippen molar-refractivity contribution in [2.24, 2.45) is 0 Å². The van der Waals surface area contributed by atoms with Crippen molar-refractivity contribution in [2.75, 3.05) is 26.2 Å². The van der Waals surface area contributed by atoms with Crippen molar-refractivity contribution in [3.8, 4) is 0 Å². The maximum atomic E-state index is 5.69. The first-order chi connectivity index (χ1) is 8.95. The molecule has 1 aliphatic rings. The van der Waals surface area contributed by atoms with Crippen LogP contribution in [-0.2, 0) is 11.3 Å². The van der Waals surface area contributed by atoms with Crippen LogP contribution in [0.2, 0.25) is 0 Å². The lowest BCUT2D eigenvalue weighted by atomic mass is 10.1. The predicted octanol–water partition coefficient (Wildman–Crippen LogP) is 3.47. The van der Waals surface area contributed by atoms with Crippen LogP contribution in [0.1, 0.15) is 37.7 Å². The summed E-state index contributed by atoms with van der Waals surface area (Å²) in [7, 11) is 0. The van der Waals surface area contributed by atoms with E-state index in [1.807, 2.05) is 6.07 Å². The number of benzene rings is 1. The summed E-state index contributed by atoms with van der Waals surface area (Å²) < 4.78 is 5.69. The second-order valence-corrected chi connectivity index (χ2v) is 5.15. The number of unbranched alkanes of at least 4 members (excludes halogenated alkanes) is 1. The second kappa shape index (κ2) is 8.28. The third kappa shape index (κ3) is 5.19. The lowest BCUT2D eigenvalue weighted by Gasteiger charge is -2.26. The number of ether oxygens (including phenoxy) is 1. The Morgan fingerprint density at radius 1 is 0.944 bits per heavy atom. The van der Waals surface area contributed by atoms with Crippen molar-refractivity contribution in [1.82, 2.24) is 4.90 Å². The van der Waals surface area contributed by atoms with E-state index in [0.717, 1.165) is 13.2 Å². The van der Waals surface area contributed by atoms with E-state index in [-0.39, 0.29) is 0 Å². The van der Waals surface area contributed by atoms with E-state index < -0.39 is 0 Å². The monoisotopic (exact) mass is 247 g/mol. The van der Waals surface area contributed by atoms with Gasteiger partial charge < -0.3 is 9.64 Å². The van der Waals surface area contributed by atoms with E-state index in [1.54, 1.807) is 0 Å². The summed E-state index contributed by atoms with van der Waals surface area (Å²) in [4.78, 5) is 2.60. The van der Waals surface area contributed by atoms with Gasteiger partial charge in [-0.1, -0.05) is 36.8 Å². The van der Waals surface area contributed by atoms with Crippen LogP contribution in [0.3, 0.4) is 0 Å². The largest absolute Gasteiger partial charge is 0.377 e. The number of nitrogens with zero attached hydrogens (tertiary/aromatic N) is 1. The SMILES string of the molecule is c1ccc(COCCCCN2CCCCC2)cc1. The molecule has 0 spiro atoms. The summed E-state index contributed by atoms with van der Waals surface area (Å²) in [6.07, 6.45) is 6.67. The van der Waals surface area contributed by atoms with Gasteiger partial charge in [-0.2, -0.15) is 0 Å². The third-order valence-electron chi connectivity index (χ3n) is 3.57. The Hall–Kier alpha value is -0.860. The van der Waals surface area contributed by atoms with Gasteiger partial charge in [0.15, 0.2) is 0 Å². The van der Waals surface area contributed by atoms with Crippen LogP contribution in [0.4, 0.5) is 0 Å². The molecule has 0 atom stereocenters. The summed E-state index contributed by atoms with van der Waals surface area (Å²) >= 11 is 0. The molecule has 0 radical (unpaired) electrons. The van der Waals surface area contributed by atoms with Crippen LogP contribution in [0.25, 0.3) is 0 Å². The number of rotatable bonds is 7. The average molecular weight is 247 g/mol. The van der Waals surface area contributed by atoms with Gasteiger partial charge in [0.25, 0.3) is 0 Å². The normalized spacial score (nSPS) is 16.9. The highest BCUT2D eigenvalue weighted by Crippen LogP contribution is 2.09. The third-order valence-corrected chi connectivity index (χ3v) is 3.57. The molecular weight excluding hydrogens is 222 g/mol. The van der Waals surface area contributed by atoms with E-state index in [2.05, 4.69) is 29.2 Å². The Morgan fingerprint density at radius 2 is 1.72 bits per heavy atom. The summed E-state index contributed by atoms with van der Waals surface area (Å²) in [5, 5.41) is 0. The molecule has 2 nitrogen and oxygen atoms in total. The predicted molar refractivity (Wildman–Crippen MR) is 75.6 cm³/mol. The number of hydrogen-bond acceptors (Lipinski definition) is 2. The van der Waals surface area contributed by atoms with Gasteiger partial charge in [0.05, 0.1) is 6.61 Å². The Kier molecular flexibility index (Phi) is 6.24. The Bertz CT molecular complexity index is 306. The van der Waals surface area contributed by atoms with Crippen molar-refractivity contribution >= 4 is 0 Å². The summed E-state index contributed by atoms with van der Waals surface area (Å²) in [5.74, 6) is 0. The molecule has 0 N–H and O–H groups in total. The fourth-order valence-corrected chi connectivity index (χ4v) is 2.49. The van der Waals surface area contributed by atoms with Crippen molar-refractivity contribution in [2.45, 2.75) is 38.7 Å². The first-order valence-corrected chi connectivity index (χ1v) is 7.29. The minimum atomic E-state index is 0.755. The minimum Gasteiger partial charge on any atom is -0.377 e. The first kappa shape index (κ1) is 13.6. The molecule has 1 heterocycles. The van der Waals surface area contributed by atoms with Crippen LogP contribution in [0, 0.1) is 0 Å². The zero-order chi connectivity index (χ0) is 12.5. The van der Waals surface area contributed by atoms with Crippen molar-refractivity contribution in [3.05, 3.63) is 35.9 Å². The highest BCUT2D eigenvalue weighted by atomic mass is 16.5. The molecule has 0 aromatic heterocycles. The fraction of sp³-hybridized carbons (Fsp3) is 0.625. The molecular formula is C16H25NO. The van der Waals surface area contributed by atoms with Gasteiger partial charge in [0.2, 0.25) is 0 Å². The molecule has 0 saturated carbocycles. The fourth-order valence-electron chi connectivity index (χ4n) is 2.49. The standard InChI is InChI=1S/C16H25NO/c1-3-9-16(10-4-1)15-18-14-8-7-13-17-11-5-2-6-12-17/h1,3-4,9-10H,2,5-8,11-15H2. The van der Waals surface area contributed by atoms with E-state index in [4.69, 9.17) is 4.74 Å². The summed E-state index contributed by atoms with van der Waals surface area (Å²) in [5.41, 5.74) is 1.27. The second-order valence-electron chi connectivity index (χ2n) is 5.15. The molecule has 1 fully saturated rings. The van der Waals surface area contributed by atoms with Crippen LogP contribution in [0.5, 0.6) is 0 Å². The maximum Gasteiger partial charge on any atom is 0.0716 e. The first-order valence-electron chi connectivity index (χ1n) is 7.29. The molecule has 2 rings (SSSR count). The topological polar surface area (TPSA) is 12.5 Å². The quantitative estimate of drug-likeness (QED) is 0.684. The molecule has 1 aromatic rings. The molecule has 1 aromatic carbocycles. The lowest BCUT2D eigenvalue weighted by molar-refractivity contribution is 0.113. The van der Waals surface area contributed by atoms with E-state index in [9.17, 15) is 0 Å². The van der Waals surface area contributed by atoms with Gasteiger partial charge in [-0.3, -0.25) is 0 Å². The number of hydrogen-bond donors (Lipinski definition) is 0. The zero-order valence-electron chi connectivity index (χ0n) is 11.3. The summed E-state index contributed by atoms with van der Waals surface area (Å²) in [6.45, 7) is 5.53. The van der Waals surface area contributed by atoms with Gasteiger partial charge in [0, 0.05) is 6.61 Å². The van der Waals surface area contributed by atoms with Gasteiger partial charge in [-0.05, 0) is 50.9 Å². The van der Waals surface area contributed by atoms with Crippen LogP contribution in [0.15, 0.2) is 30.3 Å². The Morgan fingerprint density at radius 3 is 2.50 bits per heavy atom. The molecule has 0 unspecified atom stereocenters. The maximum absolute atomic E-state index is 5.69. The lowest BCUT2D eigenvalue weighted by Crippen LogP contribution is -2.30. The van der Waals surface area contributed by atoms with Crippen LogP contribution < -0.4 is 0 Å². The number of piperidine rings is 1. The highest BCUT2D eigenvalue weighted by Gasteiger charge is 2.08. The molecule has 0 aliphatic carbocycles. The van der Waals surface area contributed by atoms with Crippen LogP contribution >= 0.6 is 0 Å². The highest BCUT2D eigenvalue weighted by molar-refractivity contribution is 5.13. The summed E-state index contributed by atoms with van der Waals surface area (Å²) in [6, 6.07) is 10.4. The van der Waals surface area contributed by atoms with Gasteiger partial charge in [0.1, 0.15) is 0 Å². The molecule has 1 aliphatic heterocycles. The molecule has 100 valence electrons. The Labute approximate surface area is 111 Å². The molecule has 1 saturated heterocycles. The average Bonchev–Trinajstić information content (AvgIpc) is 2.45. The molecule has 0 bridgehead atoms. The Balaban J connectivity index is 1.46. The number of likely N-dealkylation sites (tertiary alicyclic amines) is 1. The smallest absolute Gasteiger partial charge is 0.0716 e. The molecule has 2 heteroatoms. The van der Waals surface area contributed by atoms with Crippen molar-refractivity contribution < 1.29 is 4.74 Å². The van der Waals surface area contributed by atoms with Gasteiger partial charge in [-0.15, -0.1) is 0 Å². The van der Waals surface area contributed by atoms with Gasteiger partial charge >= 0.3 is 0 Å². The minimum absolute atomic E-state index is 0.755. The van der Waals surface area contributed by atoms with E-state index >= 15 is 0 Å². The van der Waals surface area contributed by atoms with Crippen LogP contribution in [-0.4, -0.2) is 31.1 Å². The van der Waals surface area contributed by atoms with Crippen molar-refractivity contribution in [3.63, 3.8) is 0 Å². The zero-order valence-corrected chi connectivity index (χ0v) is 11.3. The van der Waals surface area contributed by atoms with Gasteiger partial charge in [-0.25, -0.2) is 0 Å². The van der Waals surface area contributed by atoms with E-state index in [0.29, 0.717) is 0 Å². The molecule has 0 amide bonds. The van der Waals surface area contributed by atoms with E-state index in [1.165, 1.54) is 57.3 Å². The van der Waals surface area contributed by atoms with Crippen molar-refractivity contribution in [1.29, 1.82) is 0 Å². The molecule has 18 heavy (non-hydrogen) atoms.